The molecule has 0 bridgehead atoms. The van der Waals surface area contributed by atoms with Crippen molar-refractivity contribution in [1.82, 2.24) is 4.98 Å². The fraction of sp³-hybridized carbons (Fsp3) is 0.231. The number of benzene rings is 1. The molecule has 0 fully saturated rings. The van der Waals surface area contributed by atoms with E-state index < -0.39 is 0 Å². The first-order valence-electron chi connectivity index (χ1n) is 5.38. The Bertz CT molecular complexity index is 524. The maximum absolute atomic E-state index is 11.9. The Hall–Kier alpha value is -1.68. The van der Waals surface area contributed by atoms with Crippen LogP contribution < -0.4 is 5.32 Å². The van der Waals surface area contributed by atoms with Gasteiger partial charge in [-0.3, -0.25) is 10.1 Å². The first kappa shape index (κ1) is 11.8. The zero-order chi connectivity index (χ0) is 12.4. The number of anilines is 1. The van der Waals surface area contributed by atoms with Crippen molar-refractivity contribution in [2.75, 3.05) is 5.32 Å². The zero-order valence-electron chi connectivity index (χ0n) is 10.1. The lowest BCUT2D eigenvalue weighted by molar-refractivity contribution is 0.102. The number of hydrogen-bond donors (Lipinski definition) is 1. The van der Waals surface area contributed by atoms with Crippen LogP contribution >= 0.6 is 11.3 Å². The fourth-order valence-electron chi connectivity index (χ4n) is 1.40. The predicted octanol–water partition coefficient (Wildman–Crippen LogP) is 3.32. The lowest BCUT2D eigenvalue weighted by atomic mass is 10.1. The number of hydrogen-bond acceptors (Lipinski definition) is 3. The highest BCUT2D eigenvalue weighted by Crippen LogP contribution is 2.21. The number of aromatic nitrogens is 1. The van der Waals surface area contributed by atoms with Crippen molar-refractivity contribution in [1.29, 1.82) is 0 Å². The number of rotatable bonds is 2. The van der Waals surface area contributed by atoms with Crippen molar-refractivity contribution in [3.05, 3.63) is 46.0 Å². The van der Waals surface area contributed by atoms with Gasteiger partial charge in [-0.15, -0.1) is 11.3 Å². The van der Waals surface area contributed by atoms with E-state index in [4.69, 9.17) is 0 Å². The zero-order valence-corrected chi connectivity index (χ0v) is 10.9. The van der Waals surface area contributed by atoms with E-state index in [1.165, 1.54) is 11.3 Å². The molecule has 0 atom stereocenters. The minimum atomic E-state index is -0.112. The van der Waals surface area contributed by atoms with E-state index in [0.717, 1.165) is 16.1 Å². The average Bonchev–Trinajstić information content (AvgIpc) is 2.58. The molecule has 0 radical (unpaired) electrons. The molecule has 0 aliphatic rings. The highest BCUT2D eigenvalue weighted by atomic mass is 32.1. The standard InChI is InChI=1S/C13H14N2OS/c1-8-4-6-11(7-5-8)12(16)15-13-14-9(2)10(3)17-13/h4-7H,1-3H3,(H,14,15,16). The van der Waals surface area contributed by atoms with Crippen molar-refractivity contribution >= 4 is 22.4 Å². The van der Waals surface area contributed by atoms with Crippen molar-refractivity contribution in [3.63, 3.8) is 0 Å². The van der Waals surface area contributed by atoms with Gasteiger partial charge in [0.05, 0.1) is 5.69 Å². The SMILES string of the molecule is Cc1ccc(C(=O)Nc2nc(C)c(C)s2)cc1. The Morgan fingerprint density at radius 2 is 1.82 bits per heavy atom. The molecule has 4 heteroatoms. The van der Waals surface area contributed by atoms with Crippen LogP contribution in [0.3, 0.4) is 0 Å². The Kier molecular flexibility index (Phi) is 3.24. The summed E-state index contributed by atoms with van der Waals surface area (Å²) >= 11 is 1.50. The normalized spacial score (nSPS) is 10.3. The lowest BCUT2D eigenvalue weighted by Crippen LogP contribution is -2.11. The number of nitrogens with one attached hydrogen (secondary N) is 1. The molecule has 3 nitrogen and oxygen atoms in total. The molecule has 88 valence electrons. The van der Waals surface area contributed by atoms with E-state index in [1.54, 1.807) is 0 Å². The highest BCUT2D eigenvalue weighted by molar-refractivity contribution is 7.15. The summed E-state index contributed by atoms with van der Waals surface area (Å²) in [6.45, 7) is 5.93. The van der Waals surface area contributed by atoms with Gasteiger partial charge in [0, 0.05) is 10.4 Å². The molecular weight excluding hydrogens is 232 g/mol. The van der Waals surface area contributed by atoms with Gasteiger partial charge in [0.25, 0.3) is 5.91 Å². The van der Waals surface area contributed by atoms with Gasteiger partial charge in [0.2, 0.25) is 0 Å². The van der Waals surface area contributed by atoms with Crippen LogP contribution in [0, 0.1) is 20.8 Å². The number of carbonyl (C=O) groups is 1. The minimum Gasteiger partial charge on any atom is -0.298 e. The number of thiazole rings is 1. The van der Waals surface area contributed by atoms with Crippen LogP contribution in [0.1, 0.15) is 26.5 Å². The van der Waals surface area contributed by atoms with Crippen molar-refractivity contribution in [3.8, 4) is 0 Å². The first-order chi connectivity index (χ1) is 8.06. The molecule has 2 rings (SSSR count). The molecule has 1 heterocycles. The summed E-state index contributed by atoms with van der Waals surface area (Å²) in [5.41, 5.74) is 2.76. The van der Waals surface area contributed by atoms with Gasteiger partial charge in [-0.2, -0.15) is 0 Å². The van der Waals surface area contributed by atoms with Crippen LogP contribution in [0.15, 0.2) is 24.3 Å². The van der Waals surface area contributed by atoms with E-state index >= 15 is 0 Å². The Balaban J connectivity index is 2.14. The maximum atomic E-state index is 11.9. The summed E-state index contributed by atoms with van der Waals surface area (Å²) in [5.74, 6) is -0.112. The molecule has 1 amide bonds. The predicted molar refractivity (Wildman–Crippen MR) is 70.7 cm³/mol. The summed E-state index contributed by atoms with van der Waals surface area (Å²) < 4.78 is 0. The topological polar surface area (TPSA) is 42.0 Å². The van der Waals surface area contributed by atoms with Gasteiger partial charge in [0.15, 0.2) is 5.13 Å². The third kappa shape index (κ3) is 2.71. The molecule has 17 heavy (non-hydrogen) atoms. The van der Waals surface area contributed by atoms with E-state index in [-0.39, 0.29) is 5.91 Å². The number of aryl methyl sites for hydroxylation is 3. The summed E-state index contributed by atoms with van der Waals surface area (Å²) in [6.07, 6.45) is 0. The van der Waals surface area contributed by atoms with Crippen LogP contribution in [0.25, 0.3) is 0 Å². The van der Waals surface area contributed by atoms with Crippen LogP contribution in [0.4, 0.5) is 5.13 Å². The fourth-order valence-corrected chi connectivity index (χ4v) is 2.21. The van der Waals surface area contributed by atoms with E-state index in [2.05, 4.69) is 10.3 Å². The summed E-state index contributed by atoms with van der Waals surface area (Å²) in [7, 11) is 0. The second kappa shape index (κ2) is 4.67. The van der Waals surface area contributed by atoms with Gasteiger partial charge in [-0.1, -0.05) is 17.7 Å². The smallest absolute Gasteiger partial charge is 0.257 e. The van der Waals surface area contributed by atoms with Crippen LogP contribution in [-0.2, 0) is 0 Å². The van der Waals surface area contributed by atoms with Gasteiger partial charge < -0.3 is 0 Å². The molecule has 0 aliphatic carbocycles. The van der Waals surface area contributed by atoms with Crippen molar-refractivity contribution < 1.29 is 4.79 Å². The van der Waals surface area contributed by atoms with Crippen LogP contribution in [0.5, 0.6) is 0 Å². The monoisotopic (exact) mass is 246 g/mol. The first-order valence-corrected chi connectivity index (χ1v) is 6.20. The molecule has 1 aromatic heterocycles. The average molecular weight is 246 g/mol. The Labute approximate surface area is 105 Å². The number of nitrogens with zero attached hydrogens (tertiary/aromatic N) is 1. The van der Waals surface area contributed by atoms with Gasteiger partial charge in [-0.05, 0) is 32.9 Å². The van der Waals surface area contributed by atoms with Gasteiger partial charge in [-0.25, -0.2) is 4.98 Å². The van der Waals surface area contributed by atoms with Gasteiger partial charge >= 0.3 is 0 Å². The molecule has 2 aromatic rings. The maximum Gasteiger partial charge on any atom is 0.257 e. The van der Waals surface area contributed by atoms with Crippen molar-refractivity contribution in [2.45, 2.75) is 20.8 Å². The van der Waals surface area contributed by atoms with E-state index in [1.807, 2.05) is 45.0 Å². The summed E-state index contributed by atoms with van der Waals surface area (Å²) in [6, 6.07) is 7.48. The lowest BCUT2D eigenvalue weighted by Gasteiger charge is -2.01. The highest BCUT2D eigenvalue weighted by Gasteiger charge is 2.09. The quantitative estimate of drug-likeness (QED) is 0.883. The Morgan fingerprint density at radius 1 is 1.18 bits per heavy atom. The molecule has 0 spiro atoms. The molecular formula is C13H14N2OS. The third-order valence-electron chi connectivity index (χ3n) is 2.56. The van der Waals surface area contributed by atoms with Crippen molar-refractivity contribution in [2.24, 2.45) is 0 Å². The van der Waals surface area contributed by atoms with Gasteiger partial charge in [0.1, 0.15) is 0 Å². The molecule has 0 unspecified atom stereocenters. The number of amides is 1. The Morgan fingerprint density at radius 3 is 2.35 bits per heavy atom. The second-order valence-electron chi connectivity index (χ2n) is 3.98. The largest absolute Gasteiger partial charge is 0.298 e. The summed E-state index contributed by atoms with van der Waals surface area (Å²) in [4.78, 5) is 17.3. The van der Waals surface area contributed by atoms with E-state index in [0.29, 0.717) is 10.7 Å². The molecule has 1 N–H and O–H groups in total. The molecule has 0 aliphatic heterocycles. The third-order valence-corrected chi connectivity index (χ3v) is 3.55. The summed E-state index contributed by atoms with van der Waals surface area (Å²) in [5, 5.41) is 3.47. The second-order valence-corrected chi connectivity index (χ2v) is 5.18. The van der Waals surface area contributed by atoms with E-state index in [9.17, 15) is 4.79 Å². The van der Waals surface area contributed by atoms with Crippen LogP contribution in [-0.4, -0.2) is 10.9 Å². The molecule has 1 aromatic carbocycles. The molecule has 0 saturated carbocycles. The minimum absolute atomic E-state index is 0.112. The molecule has 0 saturated heterocycles. The van der Waals surface area contributed by atoms with Crippen LogP contribution in [0.2, 0.25) is 0 Å². The number of carbonyl (C=O) groups excluding carboxylic acids is 1.